The largest absolute Gasteiger partial charge is 0.425 e. The standard InChI is InChI=1S/C24H34N5O4PS/c1-7-25-14-31-34(29(15(2)3)16(4)5)33-19-12-22(32-17(19)6)28-13-21-23(27-24(28)30)26-18-10-8-9-11-20(18)35-21/h8-11,13-17,19,22H,7,12H2,1-6H3,(H,26,27,30)/b25-14+/t17-,19-,22-,34?/m1/s1. The van der Waals surface area contributed by atoms with Crippen molar-refractivity contribution in [3.05, 3.63) is 40.9 Å². The molecule has 0 saturated carbocycles. The highest BCUT2D eigenvalue weighted by Gasteiger charge is 2.40. The molecule has 1 fully saturated rings. The zero-order chi connectivity index (χ0) is 25.1. The molecular formula is C24H34N5O4PS. The van der Waals surface area contributed by atoms with E-state index in [0.717, 1.165) is 15.5 Å². The molecule has 1 unspecified atom stereocenters. The molecule has 2 aliphatic rings. The summed E-state index contributed by atoms with van der Waals surface area (Å²) in [5.41, 5.74) is 0.599. The highest BCUT2D eigenvalue weighted by molar-refractivity contribution is 7.99. The molecular weight excluding hydrogens is 485 g/mol. The highest BCUT2D eigenvalue weighted by atomic mass is 32.2. The summed E-state index contributed by atoms with van der Waals surface area (Å²) in [7, 11) is -1.40. The molecule has 190 valence electrons. The van der Waals surface area contributed by atoms with Crippen LogP contribution in [0.1, 0.15) is 54.2 Å². The van der Waals surface area contributed by atoms with E-state index in [1.54, 1.807) is 16.3 Å². The van der Waals surface area contributed by atoms with E-state index >= 15 is 0 Å². The van der Waals surface area contributed by atoms with Crippen molar-refractivity contribution in [3.8, 4) is 0 Å². The van der Waals surface area contributed by atoms with Crippen LogP contribution in [0.25, 0.3) is 0 Å². The van der Waals surface area contributed by atoms with Gasteiger partial charge in [-0.15, -0.1) is 0 Å². The van der Waals surface area contributed by atoms with Gasteiger partial charge in [-0.25, -0.2) is 9.46 Å². The van der Waals surface area contributed by atoms with E-state index in [1.807, 2.05) is 44.3 Å². The Balaban J connectivity index is 1.52. The van der Waals surface area contributed by atoms with Crippen LogP contribution >= 0.6 is 20.3 Å². The molecule has 0 spiro atoms. The first-order valence-electron chi connectivity index (χ1n) is 12.0. The fourth-order valence-electron chi connectivity index (χ4n) is 4.19. The monoisotopic (exact) mass is 519 g/mol. The summed E-state index contributed by atoms with van der Waals surface area (Å²) in [6.45, 7) is 13.1. The quantitative estimate of drug-likeness (QED) is 0.223. The van der Waals surface area contributed by atoms with E-state index in [1.165, 1.54) is 6.40 Å². The third kappa shape index (κ3) is 5.89. The lowest BCUT2D eigenvalue weighted by atomic mass is 10.2. The van der Waals surface area contributed by atoms with Crippen molar-refractivity contribution in [1.29, 1.82) is 0 Å². The van der Waals surface area contributed by atoms with E-state index in [2.05, 4.69) is 47.7 Å². The van der Waals surface area contributed by atoms with Gasteiger partial charge in [0.2, 0.25) is 0 Å². The average molecular weight is 520 g/mol. The minimum absolute atomic E-state index is 0.215. The molecule has 4 atom stereocenters. The predicted molar refractivity (Wildman–Crippen MR) is 141 cm³/mol. The maximum absolute atomic E-state index is 12.9. The molecule has 35 heavy (non-hydrogen) atoms. The van der Waals surface area contributed by atoms with Crippen LogP contribution in [-0.4, -0.2) is 51.5 Å². The maximum atomic E-state index is 12.9. The smallest absolute Gasteiger partial charge is 0.351 e. The number of aromatic nitrogens is 2. The first-order chi connectivity index (χ1) is 16.8. The van der Waals surface area contributed by atoms with Crippen molar-refractivity contribution in [2.24, 2.45) is 4.99 Å². The van der Waals surface area contributed by atoms with Gasteiger partial charge in [-0.1, -0.05) is 23.9 Å². The number of fused-ring (bicyclic) bond motifs is 2. The van der Waals surface area contributed by atoms with Crippen molar-refractivity contribution >= 4 is 38.2 Å². The molecule has 9 nitrogen and oxygen atoms in total. The number of nitrogens with zero attached hydrogens (tertiary/aromatic N) is 4. The second-order valence-corrected chi connectivity index (χ2v) is 11.5. The second-order valence-electron chi connectivity index (χ2n) is 9.06. The minimum Gasteiger partial charge on any atom is -0.425 e. The first-order valence-corrected chi connectivity index (χ1v) is 14.0. The molecule has 1 N–H and O–H groups in total. The molecule has 1 aromatic carbocycles. The number of anilines is 2. The Morgan fingerprint density at radius 3 is 2.77 bits per heavy atom. The van der Waals surface area contributed by atoms with E-state index in [-0.39, 0.29) is 30.0 Å². The summed E-state index contributed by atoms with van der Waals surface area (Å²) in [6, 6.07) is 8.43. The summed E-state index contributed by atoms with van der Waals surface area (Å²) in [5.74, 6) is 0.574. The summed E-state index contributed by atoms with van der Waals surface area (Å²) in [6.07, 6.45) is 2.92. The maximum Gasteiger partial charge on any atom is 0.351 e. The van der Waals surface area contributed by atoms with Crippen LogP contribution in [0.3, 0.4) is 0 Å². The van der Waals surface area contributed by atoms with Gasteiger partial charge in [0.25, 0.3) is 0 Å². The van der Waals surface area contributed by atoms with Gasteiger partial charge in [-0.2, -0.15) is 4.98 Å². The van der Waals surface area contributed by atoms with Crippen LogP contribution in [0.5, 0.6) is 0 Å². The molecule has 3 heterocycles. The van der Waals surface area contributed by atoms with E-state index in [4.69, 9.17) is 13.8 Å². The second kappa shape index (κ2) is 11.4. The number of rotatable bonds is 9. The Bertz CT molecular complexity index is 1100. The molecule has 0 amide bonds. The van der Waals surface area contributed by atoms with Crippen molar-refractivity contribution in [2.75, 3.05) is 11.9 Å². The summed E-state index contributed by atoms with van der Waals surface area (Å²) < 4.78 is 22.5. The van der Waals surface area contributed by atoms with E-state index in [9.17, 15) is 4.79 Å². The van der Waals surface area contributed by atoms with Gasteiger partial charge in [0.1, 0.15) is 6.23 Å². The lowest BCUT2D eigenvalue weighted by Crippen LogP contribution is -2.35. The van der Waals surface area contributed by atoms with Crippen molar-refractivity contribution in [3.63, 3.8) is 0 Å². The first kappa shape index (κ1) is 26.1. The van der Waals surface area contributed by atoms with Gasteiger partial charge >= 0.3 is 14.2 Å². The number of hydrogen-bond acceptors (Lipinski definition) is 9. The van der Waals surface area contributed by atoms with Crippen LogP contribution in [0, 0.1) is 0 Å². The average Bonchev–Trinajstić information content (AvgIpc) is 3.16. The van der Waals surface area contributed by atoms with Gasteiger partial charge in [-0.3, -0.25) is 9.56 Å². The molecule has 0 radical (unpaired) electrons. The van der Waals surface area contributed by atoms with Crippen LogP contribution in [-0.2, 0) is 13.8 Å². The molecule has 2 aliphatic heterocycles. The van der Waals surface area contributed by atoms with Crippen molar-refractivity contribution in [1.82, 2.24) is 14.2 Å². The third-order valence-electron chi connectivity index (χ3n) is 5.78. The molecule has 0 aliphatic carbocycles. The number of ether oxygens (including phenoxy) is 1. The lowest BCUT2D eigenvalue weighted by molar-refractivity contribution is -0.00797. The van der Waals surface area contributed by atoms with Gasteiger partial charge in [-0.05, 0) is 53.7 Å². The van der Waals surface area contributed by atoms with E-state index < -0.39 is 14.8 Å². The molecule has 1 saturated heterocycles. The molecule has 11 heteroatoms. The van der Waals surface area contributed by atoms with Crippen LogP contribution in [0.15, 0.2) is 50.0 Å². The number of hydrogen-bond donors (Lipinski definition) is 1. The summed E-state index contributed by atoms with van der Waals surface area (Å²) in [4.78, 5) is 23.4. The number of benzene rings is 1. The van der Waals surface area contributed by atoms with Gasteiger partial charge in [0.05, 0.1) is 22.8 Å². The fraction of sp³-hybridized carbons (Fsp3) is 0.542. The Morgan fingerprint density at radius 2 is 2.06 bits per heavy atom. The van der Waals surface area contributed by atoms with Gasteiger partial charge in [0.15, 0.2) is 12.2 Å². The topological polar surface area (TPSA) is 90.2 Å². The van der Waals surface area contributed by atoms with Crippen LogP contribution in [0.2, 0.25) is 0 Å². The number of aliphatic imine (C=N–C) groups is 1. The molecule has 2 aromatic rings. The number of para-hydroxylation sites is 1. The fourth-order valence-corrected chi connectivity index (χ4v) is 6.82. The zero-order valence-electron chi connectivity index (χ0n) is 21.0. The van der Waals surface area contributed by atoms with Crippen molar-refractivity contribution in [2.45, 2.75) is 88.3 Å². The normalized spacial score (nSPS) is 22.5. The third-order valence-corrected chi connectivity index (χ3v) is 8.91. The molecule has 1 aromatic heterocycles. The molecule has 4 rings (SSSR count). The van der Waals surface area contributed by atoms with Crippen LogP contribution in [0.4, 0.5) is 11.5 Å². The van der Waals surface area contributed by atoms with Crippen molar-refractivity contribution < 1.29 is 13.8 Å². The Kier molecular flexibility index (Phi) is 8.50. The number of nitrogens with one attached hydrogen (secondary N) is 1. The minimum atomic E-state index is -1.40. The van der Waals surface area contributed by atoms with E-state index in [0.29, 0.717) is 18.8 Å². The van der Waals surface area contributed by atoms with Gasteiger partial charge < -0.3 is 19.1 Å². The predicted octanol–water partition coefficient (Wildman–Crippen LogP) is 5.55. The van der Waals surface area contributed by atoms with Crippen LogP contribution < -0.4 is 11.0 Å². The Morgan fingerprint density at radius 1 is 1.31 bits per heavy atom. The SMILES string of the molecule is CC/N=C/OP(O[C@@H]1C[C@H](n2cc3c(nc2=O)Nc2ccccc2S3)O[C@@H]1C)N(C(C)C)C(C)C. The highest BCUT2D eigenvalue weighted by Crippen LogP contribution is 2.49. The zero-order valence-corrected chi connectivity index (χ0v) is 22.8. The Labute approximate surface area is 212 Å². The summed E-state index contributed by atoms with van der Waals surface area (Å²) in [5, 5.41) is 3.26. The molecule has 0 bridgehead atoms. The van der Waals surface area contributed by atoms with Gasteiger partial charge in [0, 0.05) is 36.1 Å². The summed E-state index contributed by atoms with van der Waals surface area (Å²) >= 11 is 1.59. The Hall–Kier alpha value is -1.97. The lowest BCUT2D eigenvalue weighted by Gasteiger charge is -2.36.